The lowest BCUT2D eigenvalue weighted by atomic mass is 9.97. The van der Waals surface area contributed by atoms with E-state index in [-0.39, 0.29) is 6.17 Å². The van der Waals surface area contributed by atoms with E-state index in [2.05, 4.69) is 102 Å². The average Bonchev–Trinajstić information content (AvgIpc) is 3.47. The lowest BCUT2D eigenvalue weighted by molar-refractivity contribution is 0.662. The highest BCUT2D eigenvalue weighted by atomic mass is 16.3. The van der Waals surface area contributed by atoms with Gasteiger partial charge in [-0.15, -0.1) is 0 Å². The minimum absolute atomic E-state index is 0.346. The molecule has 1 aliphatic heterocycles. The average molecular weight is 554 g/mol. The summed E-state index contributed by atoms with van der Waals surface area (Å²) < 4.78 is 6.37. The zero-order valence-electron chi connectivity index (χ0n) is 23.3. The molecule has 1 aromatic heterocycles. The molecule has 1 aliphatic rings. The van der Waals surface area contributed by atoms with Crippen LogP contribution < -0.4 is 5.32 Å². The molecule has 0 amide bonds. The van der Waals surface area contributed by atoms with Crippen molar-refractivity contribution < 1.29 is 4.42 Å². The highest BCUT2D eigenvalue weighted by Crippen LogP contribution is 2.38. The molecule has 4 nitrogen and oxygen atoms in total. The fourth-order valence-electron chi connectivity index (χ4n) is 5.82. The monoisotopic (exact) mass is 553 g/mol. The summed E-state index contributed by atoms with van der Waals surface area (Å²) >= 11 is 0. The molecule has 6 aromatic carbocycles. The molecule has 0 fully saturated rings. The minimum Gasteiger partial charge on any atom is -0.456 e. The van der Waals surface area contributed by atoms with E-state index in [1.165, 1.54) is 11.1 Å². The van der Waals surface area contributed by atoms with Gasteiger partial charge in [0.25, 0.3) is 0 Å². The number of aliphatic imine (C=N–C) groups is 2. The number of rotatable bonds is 5. The van der Waals surface area contributed by atoms with Crippen LogP contribution in [-0.4, -0.2) is 11.7 Å². The van der Waals surface area contributed by atoms with Crippen molar-refractivity contribution in [1.82, 2.24) is 5.32 Å². The van der Waals surface area contributed by atoms with Gasteiger partial charge in [-0.25, -0.2) is 9.98 Å². The Kier molecular flexibility index (Phi) is 6.16. The van der Waals surface area contributed by atoms with Crippen molar-refractivity contribution in [1.29, 1.82) is 0 Å². The van der Waals surface area contributed by atoms with E-state index in [1.54, 1.807) is 0 Å². The van der Waals surface area contributed by atoms with Crippen molar-refractivity contribution in [3.8, 4) is 22.3 Å². The van der Waals surface area contributed by atoms with Gasteiger partial charge in [-0.3, -0.25) is 0 Å². The predicted octanol–water partition coefficient (Wildman–Crippen LogP) is 9.42. The molecule has 2 heterocycles. The van der Waals surface area contributed by atoms with Gasteiger partial charge in [-0.1, -0.05) is 133 Å². The van der Waals surface area contributed by atoms with Crippen LogP contribution in [0.25, 0.3) is 44.2 Å². The molecule has 8 rings (SSSR count). The maximum atomic E-state index is 6.37. The molecule has 43 heavy (non-hydrogen) atoms. The number of benzene rings is 6. The van der Waals surface area contributed by atoms with E-state index < -0.39 is 0 Å². The fourth-order valence-corrected chi connectivity index (χ4v) is 5.82. The summed E-state index contributed by atoms with van der Waals surface area (Å²) in [7, 11) is 0. The van der Waals surface area contributed by atoms with E-state index in [4.69, 9.17) is 14.4 Å². The first-order valence-corrected chi connectivity index (χ1v) is 14.5. The maximum absolute atomic E-state index is 6.37. The molecule has 0 radical (unpaired) electrons. The first-order chi connectivity index (χ1) is 21.3. The largest absolute Gasteiger partial charge is 0.456 e. The van der Waals surface area contributed by atoms with Crippen LogP contribution >= 0.6 is 0 Å². The summed E-state index contributed by atoms with van der Waals surface area (Å²) in [6.45, 7) is 0. The molecule has 0 saturated heterocycles. The number of furan rings is 1. The van der Waals surface area contributed by atoms with E-state index in [9.17, 15) is 0 Å². The standard InChI is InChI=1S/C39H27N3O/c1-4-11-26(12-5-1)27-19-21-28(22-20-27)31-23-24-34-33(25-31)36-32(17-10-18-35(36)43-34)39-41-37(29-13-6-2-7-14-29)40-38(42-39)30-15-8-3-9-16-30/h1-25,39H,(H,40,41,42). The molecule has 7 aromatic rings. The summed E-state index contributed by atoms with van der Waals surface area (Å²) in [5, 5.41) is 5.75. The molecule has 1 N–H and O–H groups in total. The Morgan fingerprint density at radius 2 is 1.07 bits per heavy atom. The molecule has 0 spiro atoms. The topological polar surface area (TPSA) is 49.9 Å². The van der Waals surface area contributed by atoms with Crippen molar-refractivity contribution in [2.75, 3.05) is 0 Å². The van der Waals surface area contributed by atoms with Crippen LogP contribution in [-0.2, 0) is 0 Å². The second-order valence-corrected chi connectivity index (χ2v) is 10.7. The molecule has 0 aliphatic carbocycles. The Morgan fingerprint density at radius 3 is 1.77 bits per heavy atom. The van der Waals surface area contributed by atoms with Gasteiger partial charge < -0.3 is 9.73 Å². The van der Waals surface area contributed by atoms with Gasteiger partial charge in [-0.05, 0) is 40.5 Å². The third-order valence-electron chi connectivity index (χ3n) is 7.97. The van der Waals surface area contributed by atoms with Gasteiger partial charge in [0.2, 0.25) is 0 Å². The number of fused-ring (bicyclic) bond motifs is 3. The molecule has 0 bridgehead atoms. The predicted molar refractivity (Wildman–Crippen MR) is 176 cm³/mol. The fraction of sp³-hybridized carbons (Fsp3) is 0.0256. The minimum atomic E-state index is -0.346. The highest BCUT2D eigenvalue weighted by molar-refractivity contribution is 6.14. The zero-order valence-corrected chi connectivity index (χ0v) is 23.3. The van der Waals surface area contributed by atoms with Crippen molar-refractivity contribution in [3.63, 3.8) is 0 Å². The Labute approximate surface area is 249 Å². The van der Waals surface area contributed by atoms with Crippen LogP contribution in [0.1, 0.15) is 22.9 Å². The van der Waals surface area contributed by atoms with Crippen LogP contribution in [0.5, 0.6) is 0 Å². The summed E-state index contributed by atoms with van der Waals surface area (Å²) in [6.07, 6.45) is -0.346. The van der Waals surface area contributed by atoms with Gasteiger partial charge in [0.1, 0.15) is 23.2 Å². The van der Waals surface area contributed by atoms with Crippen molar-refractivity contribution >= 4 is 33.6 Å². The van der Waals surface area contributed by atoms with E-state index >= 15 is 0 Å². The second-order valence-electron chi connectivity index (χ2n) is 10.7. The number of nitrogens with zero attached hydrogens (tertiary/aromatic N) is 2. The smallest absolute Gasteiger partial charge is 0.159 e. The summed E-state index contributed by atoms with van der Waals surface area (Å²) in [5.41, 5.74) is 9.45. The van der Waals surface area contributed by atoms with Gasteiger partial charge in [-0.2, -0.15) is 0 Å². The summed E-state index contributed by atoms with van der Waals surface area (Å²) in [6, 6.07) is 52.2. The third-order valence-corrected chi connectivity index (χ3v) is 7.97. The maximum Gasteiger partial charge on any atom is 0.159 e. The molecule has 0 saturated carbocycles. The van der Waals surface area contributed by atoms with E-state index in [1.807, 2.05) is 54.6 Å². The second kappa shape index (κ2) is 10.6. The molecule has 1 atom stereocenters. The van der Waals surface area contributed by atoms with E-state index in [0.717, 1.165) is 55.6 Å². The van der Waals surface area contributed by atoms with Gasteiger partial charge in [0, 0.05) is 27.5 Å². The lowest BCUT2D eigenvalue weighted by Crippen LogP contribution is -2.33. The number of hydrogen-bond donors (Lipinski definition) is 1. The zero-order chi connectivity index (χ0) is 28.6. The quantitative estimate of drug-likeness (QED) is 0.231. The van der Waals surface area contributed by atoms with Gasteiger partial charge in [0.15, 0.2) is 5.84 Å². The summed E-state index contributed by atoms with van der Waals surface area (Å²) in [4.78, 5) is 10.1. The van der Waals surface area contributed by atoms with Crippen molar-refractivity contribution in [2.45, 2.75) is 6.17 Å². The third kappa shape index (κ3) is 4.69. The molecular formula is C39H27N3O. The summed E-state index contributed by atoms with van der Waals surface area (Å²) in [5.74, 6) is 1.50. The highest BCUT2D eigenvalue weighted by Gasteiger charge is 2.24. The molecular weight excluding hydrogens is 526 g/mol. The van der Waals surface area contributed by atoms with Gasteiger partial charge in [0.05, 0.1) is 0 Å². The van der Waals surface area contributed by atoms with Crippen LogP contribution in [0, 0.1) is 0 Å². The van der Waals surface area contributed by atoms with Crippen molar-refractivity contribution in [3.05, 3.63) is 168 Å². The Bertz CT molecular complexity index is 2130. The van der Waals surface area contributed by atoms with E-state index in [0.29, 0.717) is 5.84 Å². The SMILES string of the molecule is c1ccc(C2=NC(c3cccc4oc5ccc(-c6ccc(-c7ccccc7)cc6)cc5c34)NC(c3ccccc3)=N2)cc1. The van der Waals surface area contributed by atoms with Crippen LogP contribution in [0.4, 0.5) is 0 Å². The Morgan fingerprint density at radius 1 is 0.488 bits per heavy atom. The van der Waals surface area contributed by atoms with Crippen LogP contribution in [0.3, 0.4) is 0 Å². The lowest BCUT2D eigenvalue weighted by Gasteiger charge is -2.24. The molecule has 1 unspecified atom stereocenters. The molecule has 204 valence electrons. The van der Waals surface area contributed by atoms with Crippen molar-refractivity contribution in [2.24, 2.45) is 9.98 Å². The number of hydrogen-bond acceptors (Lipinski definition) is 4. The number of amidine groups is 2. The first kappa shape index (κ1) is 25.0. The first-order valence-electron chi connectivity index (χ1n) is 14.5. The van der Waals surface area contributed by atoms with Crippen LogP contribution in [0.15, 0.2) is 166 Å². The Hall–Kier alpha value is -5.74. The van der Waals surface area contributed by atoms with Gasteiger partial charge >= 0.3 is 0 Å². The van der Waals surface area contributed by atoms with Crippen LogP contribution in [0.2, 0.25) is 0 Å². The Balaban J connectivity index is 1.24. The number of nitrogens with one attached hydrogen (secondary N) is 1. The molecule has 4 heteroatoms. The normalized spacial score (nSPS) is 14.7.